The summed E-state index contributed by atoms with van der Waals surface area (Å²) in [7, 11) is -1.65. The summed E-state index contributed by atoms with van der Waals surface area (Å²) in [6.45, 7) is 5.58. The van der Waals surface area contributed by atoms with E-state index >= 15 is 0 Å². The minimum absolute atomic E-state index is 0.134. The minimum Gasteiger partial charge on any atom is -0.314 e. The molecule has 19 heavy (non-hydrogen) atoms. The first-order valence-corrected chi connectivity index (χ1v) is 8.83. The topological polar surface area (TPSA) is 61.4 Å². The monoisotopic (exact) mass is 291 g/mol. The van der Waals surface area contributed by atoms with E-state index in [9.17, 15) is 8.42 Å². The van der Waals surface area contributed by atoms with Crippen LogP contribution in [0.25, 0.3) is 0 Å². The van der Waals surface area contributed by atoms with Gasteiger partial charge in [0.25, 0.3) is 10.2 Å². The Hall–Kier alpha value is -0.170. The number of rotatable bonds is 8. The fourth-order valence-electron chi connectivity index (χ4n) is 2.33. The molecule has 1 aliphatic rings. The number of nitrogens with zero attached hydrogens (tertiary/aromatic N) is 1. The first-order valence-electron chi connectivity index (χ1n) is 7.39. The predicted octanol–water partition coefficient (Wildman–Crippen LogP) is 1.47. The number of hydrogen-bond acceptors (Lipinski definition) is 3. The maximum absolute atomic E-state index is 12.1. The maximum Gasteiger partial charge on any atom is 0.279 e. The average Bonchev–Trinajstić information content (AvgIpc) is 2.34. The Morgan fingerprint density at radius 1 is 1.21 bits per heavy atom. The smallest absolute Gasteiger partial charge is 0.279 e. The van der Waals surface area contributed by atoms with Crippen LogP contribution in [-0.4, -0.2) is 44.9 Å². The summed E-state index contributed by atoms with van der Waals surface area (Å²) in [6.07, 6.45) is 6.28. The lowest BCUT2D eigenvalue weighted by molar-refractivity contribution is 0.387. The van der Waals surface area contributed by atoms with Crippen molar-refractivity contribution in [3.63, 3.8) is 0 Å². The van der Waals surface area contributed by atoms with Crippen LogP contribution in [0.15, 0.2) is 0 Å². The van der Waals surface area contributed by atoms with Crippen LogP contribution in [0.2, 0.25) is 0 Å². The van der Waals surface area contributed by atoms with E-state index < -0.39 is 10.2 Å². The fourth-order valence-corrected chi connectivity index (χ4v) is 3.54. The molecule has 0 spiro atoms. The zero-order chi connectivity index (χ0) is 14.3. The highest BCUT2D eigenvalue weighted by atomic mass is 32.2. The second-order valence-corrected chi connectivity index (χ2v) is 7.55. The third-order valence-electron chi connectivity index (χ3n) is 3.53. The molecule has 0 aromatic rings. The van der Waals surface area contributed by atoms with Gasteiger partial charge in [-0.1, -0.05) is 33.1 Å². The van der Waals surface area contributed by atoms with Crippen LogP contribution in [0.5, 0.6) is 0 Å². The van der Waals surface area contributed by atoms with Gasteiger partial charge < -0.3 is 5.32 Å². The lowest BCUT2D eigenvalue weighted by Gasteiger charge is -2.26. The molecule has 2 N–H and O–H groups in total. The van der Waals surface area contributed by atoms with Gasteiger partial charge in [-0.05, 0) is 25.8 Å². The van der Waals surface area contributed by atoms with E-state index in [4.69, 9.17) is 0 Å². The largest absolute Gasteiger partial charge is 0.314 e. The molecule has 0 amide bonds. The summed E-state index contributed by atoms with van der Waals surface area (Å²) in [4.78, 5) is 0. The van der Waals surface area contributed by atoms with Crippen molar-refractivity contribution < 1.29 is 8.42 Å². The van der Waals surface area contributed by atoms with Gasteiger partial charge in [-0.25, -0.2) is 0 Å². The summed E-state index contributed by atoms with van der Waals surface area (Å²) >= 11 is 0. The van der Waals surface area contributed by atoms with Crippen molar-refractivity contribution in [2.75, 3.05) is 20.1 Å². The molecule has 5 nitrogen and oxygen atoms in total. The zero-order valence-corrected chi connectivity index (χ0v) is 13.3. The van der Waals surface area contributed by atoms with E-state index in [0.717, 1.165) is 38.6 Å². The molecular weight excluding hydrogens is 262 g/mol. The van der Waals surface area contributed by atoms with Crippen LogP contribution in [0, 0.1) is 0 Å². The van der Waals surface area contributed by atoms with Crippen LogP contribution in [-0.2, 0) is 10.2 Å². The second kappa shape index (κ2) is 8.19. The molecule has 1 rings (SSSR count). The molecule has 1 aliphatic carbocycles. The van der Waals surface area contributed by atoms with Gasteiger partial charge in [-0.2, -0.15) is 17.4 Å². The van der Waals surface area contributed by atoms with Gasteiger partial charge >= 0.3 is 0 Å². The molecule has 0 aromatic heterocycles. The highest BCUT2D eigenvalue weighted by Crippen LogP contribution is 2.18. The standard InChI is InChI=1S/C13H29N3O2S/c1-12(2)14-10-7-11-16(3)19(17,18)15-13-8-5-4-6-9-13/h12-15H,4-11H2,1-3H3. The van der Waals surface area contributed by atoms with E-state index in [1.165, 1.54) is 10.7 Å². The first-order chi connectivity index (χ1) is 8.92. The molecule has 0 aromatic carbocycles. The number of nitrogens with one attached hydrogen (secondary N) is 2. The van der Waals surface area contributed by atoms with Gasteiger partial charge in [0, 0.05) is 25.7 Å². The van der Waals surface area contributed by atoms with Crippen LogP contribution >= 0.6 is 0 Å². The van der Waals surface area contributed by atoms with Crippen molar-refractivity contribution in [3.05, 3.63) is 0 Å². The maximum atomic E-state index is 12.1. The molecule has 0 bridgehead atoms. The van der Waals surface area contributed by atoms with Crippen LogP contribution in [0.3, 0.4) is 0 Å². The summed E-state index contributed by atoms with van der Waals surface area (Å²) in [6, 6.07) is 0.581. The minimum atomic E-state index is -3.31. The fraction of sp³-hybridized carbons (Fsp3) is 1.00. The molecule has 0 aliphatic heterocycles. The van der Waals surface area contributed by atoms with Crippen molar-refractivity contribution >= 4 is 10.2 Å². The summed E-state index contributed by atoms with van der Waals surface area (Å²) < 4.78 is 28.5. The normalized spacial score (nSPS) is 18.4. The quantitative estimate of drug-likeness (QED) is 0.666. The zero-order valence-electron chi connectivity index (χ0n) is 12.5. The highest BCUT2D eigenvalue weighted by molar-refractivity contribution is 7.87. The third-order valence-corrected chi connectivity index (χ3v) is 5.17. The molecular formula is C13H29N3O2S. The Balaban J connectivity index is 2.30. The lowest BCUT2D eigenvalue weighted by atomic mass is 9.96. The lowest BCUT2D eigenvalue weighted by Crippen LogP contribution is -2.45. The van der Waals surface area contributed by atoms with Gasteiger partial charge in [-0.3, -0.25) is 0 Å². The van der Waals surface area contributed by atoms with Crippen LogP contribution < -0.4 is 10.0 Å². The predicted molar refractivity (Wildman–Crippen MR) is 79.3 cm³/mol. The third kappa shape index (κ3) is 6.70. The molecule has 0 atom stereocenters. The van der Waals surface area contributed by atoms with Crippen molar-refractivity contribution in [2.24, 2.45) is 0 Å². The van der Waals surface area contributed by atoms with E-state index in [1.54, 1.807) is 7.05 Å². The van der Waals surface area contributed by atoms with Gasteiger partial charge in [-0.15, -0.1) is 0 Å². The molecule has 1 saturated carbocycles. The molecule has 0 unspecified atom stereocenters. The van der Waals surface area contributed by atoms with E-state index in [0.29, 0.717) is 12.6 Å². The Morgan fingerprint density at radius 2 is 1.84 bits per heavy atom. The summed E-state index contributed by atoms with van der Waals surface area (Å²) in [5.41, 5.74) is 0. The molecule has 114 valence electrons. The van der Waals surface area contributed by atoms with Gasteiger partial charge in [0.1, 0.15) is 0 Å². The van der Waals surface area contributed by atoms with E-state index in [-0.39, 0.29) is 6.04 Å². The summed E-state index contributed by atoms with van der Waals surface area (Å²) in [5, 5.41) is 3.29. The summed E-state index contributed by atoms with van der Waals surface area (Å²) in [5.74, 6) is 0. The Bertz CT molecular complexity index is 338. The van der Waals surface area contributed by atoms with E-state index in [1.807, 2.05) is 0 Å². The molecule has 0 heterocycles. The average molecular weight is 291 g/mol. The molecule has 0 radical (unpaired) electrons. The van der Waals surface area contributed by atoms with Gasteiger partial charge in [0.2, 0.25) is 0 Å². The van der Waals surface area contributed by atoms with Crippen molar-refractivity contribution in [1.82, 2.24) is 14.3 Å². The molecule has 6 heteroatoms. The van der Waals surface area contributed by atoms with E-state index in [2.05, 4.69) is 23.9 Å². The SMILES string of the molecule is CC(C)NCCCN(C)S(=O)(=O)NC1CCCCC1. The van der Waals surface area contributed by atoms with Crippen molar-refractivity contribution in [2.45, 2.75) is 64.5 Å². The van der Waals surface area contributed by atoms with Crippen molar-refractivity contribution in [1.29, 1.82) is 0 Å². The van der Waals surface area contributed by atoms with Crippen LogP contribution in [0.1, 0.15) is 52.4 Å². The Labute approximate surface area is 118 Å². The Kier molecular flexibility index (Phi) is 7.28. The van der Waals surface area contributed by atoms with Crippen molar-refractivity contribution in [3.8, 4) is 0 Å². The number of hydrogen-bond donors (Lipinski definition) is 2. The molecule has 0 saturated heterocycles. The van der Waals surface area contributed by atoms with Crippen LogP contribution in [0.4, 0.5) is 0 Å². The van der Waals surface area contributed by atoms with Gasteiger partial charge in [0.15, 0.2) is 0 Å². The second-order valence-electron chi connectivity index (χ2n) is 5.74. The Morgan fingerprint density at radius 3 is 2.42 bits per heavy atom. The molecule has 1 fully saturated rings. The van der Waals surface area contributed by atoms with Gasteiger partial charge in [0.05, 0.1) is 0 Å². The first kappa shape index (κ1) is 16.9. The highest BCUT2D eigenvalue weighted by Gasteiger charge is 2.23.